The van der Waals surface area contributed by atoms with E-state index >= 15 is 0 Å². The number of hydrogen-bond donors (Lipinski definition) is 1. The van der Waals surface area contributed by atoms with Gasteiger partial charge in [-0.25, -0.2) is 0 Å². The maximum atomic E-state index is 11.4. The Bertz CT molecular complexity index is 470. The molecule has 1 rings (SSSR count). The summed E-state index contributed by atoms with van der Waals surface area (Å²) in [6, 6.07) is 3.27. The van der Waals surface area contributed by atoms with Crippen LogP contribution in [0.4, 0.5) is 0 Å². The van der Waals surface area contributed by atoms with Crippen molar-refractivity contribution < 1.29 is 24.2 Å². The number of rotatable bonds is 6. The first kappa shape index (κ1) is 14.7. The van der Waals surface area contributed by atoms with Crippen LogP contribution in [-0.2, 0) is 16.0 Å². The summed E-state index contributed by atoms with van der Waals surface area (Å²) in [6.07, 6.45) is -0.0969. The number of carbonyl (C=O) groups excluding carboxylic acids is 2. The van der Waals surface area contributed by atoms with Gasteiger partial charge in [-0.05, 0) is 17.7 Å². The van der Waals surface area contributed by atoms with Crippen LogP contribution in [-0.4, -0.2) is 37.5 Å². The summed E-state index contributed by atoms with van der Waals surface area (Å²) in [5.41, 5.74) is 0.597. The molecule has 0 aromatic heterocycles. The minimum absolute atomic E-state index is 0.0969. The van der Waals surface area contributed by atoms with Gasteiger partial charge in [0.2, 0.25) is 11.6 Å². The Balaban J connectivity index is 3.03. The highest BCUT2D eigenvalue weighted by molar-refractivity contribution is 9.10. The topological polar surface area (TPSA) is 72.8 Å². The maximum absolute atomic E-state index is 11.4. The van der Waals surface area contributed by atoms with E-state index in [-0.39, 0.29) is 6.42 Å². The monoisotopic (exact) mass is 316 g/mol. The van der Waals surface area contributed by atoms with Crippen molar-refractivity contribution in [2.75, 3.05) is 20.8 Å². The number of Topliss-reactive ketones (excluding diaryl/α,β-unsaturated/α-hetero) is 2. The molecule has 0 atom stereocenters. The van der Waals surface area contributed by atoms with Crippen LogP contribution in [0.1, 0.15) is 5.56 Å². The lowest BCUT2D eigenvalue weighted by Crippen LogP contribution is -2.19. The number of methoxy groups -OCH3 is 2. The standard InChI is InChI=1S/C12H13BrO5/c1-17-11-4-7(3-9(15)10(16)6-14)8(13)5-12(11)18-2/h4-5,14H,3,6H2,1-2H3. The van der Waals surface area contributed by atoms with E-state index in [9.17, 15) is 9.59 Å². The molecule has 1 aromatic carbocycles. The number of ketones is 2. The summed E-state index contributed by atoms with van der Waals surface area (Å²) in [6.45, 7) is -0.774. The zero-order valence-electron chi connectivity index (χ0n) is 10.0. The number of ether oxygens (including phenoxy) is 2. The van der Waals surface area contributed by atoms with E-state index in [4.69, 9.17) is 14.6 Å². The second-order valence-corrected chi connectivity index (χ2v) is 4.33. The molecule has 18 heavy (non-hydrogen) atoms. The maximum Gasteiger partial charge on any atom is 0.223 e. The van der Waals surface area contributed by atoms with Gasteiger partial charge in [0.25, 0.3) is 0 Å². The van der Waals surface area contributed by atoms with E-state index in [2.05, 4.69) is 15.9 Å². The molecule has 0 aliphatic carbocycles. The minimum atomic E-state index is -0.809. The number of halogens is 1. The fourth-order valence-corrected chi connectivity index (χ4v) is 1.85. The smallest absolute Gasteiger partial charge is 0.223 e. The SMILES string of the molecule is COc1cc(Br)c(CC(=O)C(=O)CO)cc1OC. The molecular formula is C12H13BrO5. The molecule has 0 amide bonds. The van der Waals surface area contributed by atoms with Gasteiger partial charge >= 0.3 is 0 Å². The van der Waals surface area contributed by atoms with E-state index in [1.807, 2.05) is 0 Å². The van der Waals surface area contributed by atoms with Gasteiger partial charge in [0, 0.05) is 10.9 Å². The average Bonchev–Trinajstić information content (AvgIpc) is 2.39. The van der Waals surface area contributed by atoms with Crippen LogP contribution in [0.2, 0.25) is 0 Å². The predicted octanol–water partition coefficient (Wildman–Crippen LogP) is 1.14. The molecular weight excluding hydrogens is 304 g/mol. The molecule has 0 spiro atoms. The molecule has 1 aromatic rings. The van der Waals surface area contributed by atoms with Gasteiger partial charge in [-0.3, -0.25) is 9.59 Å². The van der Waals surface area contributed by atoms with Crippen molar-refractivity contribution in [2.24, 2.45) is 0 Å². The third-order valence-corrected chi connectivity index (χ3v) is 3.10. The van der Waals surface area contributed by atoms with Crippen LogP contribution in [0, 0.1) is 0 Å². The van der Waals surface area contributed by atoms with Crippen molar-refractivity contribution in [3.8, 4) is 11.5 Å². The summed E-state index contributed by atoms with van der Waals surface area (Å²) >= 11 is 3.29. The van der Waals surface area contributed by atoms with Crippen molar-refractivity contribution in [2.45, 2.75) is 6.42 Å². The van der Waals surface area contributed by atoms with Crippen molar-refractivity contribution in [1.82, 2.24) is 0 Å². The second kappa shape index (κ2) is 6.51. The molecule has 0 heterocycles. The summed E-state index contributed by atoms with van der Waals surface area (Å²) in [5, 5.41) is 8.61. The highest BCUT2D eigenvalue weighted by Gasteiger charge is 2.17. The first-order valence-corrected chi connectivity index (χ1v) is 5.90. The van der Waals surface area contributed by atoms with Gasteiger partial charge < -0.3 is 14.6 Å². The van der Waals surface area contributed by atoms with Gasteiger partial charge in [0.05, 0.1) is 14.2 Å². The average molecular weight is 317 g/mol. The van der Waals surface area contributed by atoms with E-state index in [1.165, 1.54) is 14.2 Å². The summed E-state index contributed by atoms with van der Waals surface area (Å²) in [5.74, 6) is -0.462. The molecule has 1 N–H and O–H groups in total. The van der Waals surface area contributed by atoms with Crippen LogP contribution in [0.25, 0.3) is 0 Å². The highest BCUT2D eigenvalue weighted by atomic mass is 79.9. The van der Waals surface area contributed by atoms with Gasteiger partial charge in [-0.1, -0.05) is 15.9 Å². The fraction of sp³-hybridized carbons (Fsp3) is 0.333. The molecule has 0 bridgehead atoms. The van der Waals surface area contributed by atoms with Crippen LogP contribution >= 0.6 is 15.9 Å². The largest absolute Gasteiger partial charge is 0.493 e. The Morgan fingerprint density at radius 3 is 2.22 bits per heavy atom. The first-order valence-electron chi connectivity index (χ1n) is 5.10. The zero-order valence-corrected chi connectivity index (χ0v) is 11.6. The molecule has 0 fully saturated rings. The molecule has 98 valence electrons. The number of aliphatic hydroxyl groups is 1. The van der Waals surface area contributed by atoms with Crippen molar-refractivity contribution in [1.29, 1.82) is 0 Å². The third-order valence-electron chi connectivity index (χ3n) is 2.36. The fourth-order valence-electron chi connectivity index (χ4n) is 1.39. The van der Waals surface area contributed by atoms with E-state index in [1.54, 1.807) is 12.1 Å². The molecule has 0 unspecified atom stereocenters. The normalized spacial score (nSPS) is 10.0. The van der Waals surface area contributed by atoms with E-state index < -0.39 is 18.2 Å². The number of hydrogen-bond acceptors (Lipinski definition) is 5. The van der Waals surface area contributed by atoms with Crippen LogP contribution in [0.3, 0.4) is 0 Å². The van der Waals surface area contributed by atoms with Gasteiger partial charge in [-0.15, -0.1) is 0 Å². The van der Waals surface area contributed by atoms with Gasteiger partial charge in [0.1, 0.15) is 6.61 Å². The van der Waals surface area contributed by atoms with Crippen LogP contribution in [0.15, 0.2) is 16.6 Å². The Labute approximate surface area is 113 Å². The van der Waals surface area contributed by atoms with Gasteiger partial charge in [0.15, 0.2) is 11.5 Å². The molecule has 0 saturated heterocycles. The Hall–Kier alpha value is -1.40. The predicted molar refractivity (Wildman–Crippen MR) is 68.0 cm³/mol. The van der Waals surface area contributed by atoms with E-state index in [0.29, 0.717) is 21.5 Å². The summed E-state index contributed by atoms with van der Waals surface area (Å²) < 4.78 is 10.8. The van der Waals surface area contributed by atoms with Crippen LogP contribution in [0.5, 0.6) is 11.5 Å². The molecule has 0 radical (unpaired) electrons. The molecule has 0 aliphatic rings. The van der Waals surface area contributed by atoms with Crippen molar-refractivity contribution in [3.63, 3.8) is 0 Å². The minimum Gasteiger partial charge on any atom is -0.493 e. The number of benzene rings is 1. The molecule has 5 nitrogen and oxygen atoms in total. The van der Waals surface area contributed by atoms with Gasteiger partial charge in [-0.2, -0.15) is 0 Å². The van der Waals surface area contributed by atoms with Crippen molar-refractivity contribution >= 4 is 27.5 Å². The molecule has 0 saturated carbocycles. The highest BCUT2D eigenvalue weighted by Crippen LogP contribution is 2.33. The molecule has 0 aliphatic heterocycles. The third kappa shape index (κ3) is 3.30. The Kier molecular flexibility index (Phi) is 5.30. The number of carbonyl (C=O) groups is 2. The Morgan fingerprint density at radius 1 is 1.17 bits per heavy atom. The lowest BCUT2D eigenvalue weighted by atomic mass is 10.1. The first-order chi connectivity index (χ1) is 8.53. The van der Waals surface area contributed by atoms with Crippen LogP contribution < -0.4 is 9.47 Å². The number of aliphatic hydroxyl groups excluding tert-OH is 1. The summed E-state index contributed by atoms with van der Waals surface area (Å²) in [4.78, 5) is 22.5. The zero-order chi connectivity index (χ0) is 13.7. The summed E-state index contributed by atoms with van der Waals surface area (Å²) in [7, 11) is 2.99. The lowest BCUT2D eigenvalue weighted by molar-refractivity contribution is -0.137. The second-order valence-electron chi connectivity index (χ2n) is 3.48. The van der Waals surface area contributed by atoms with E-state index in [0.717, 1.165) is 0 Å². The lowest BCUT2D eigenvalue weighted by Gasteiger charge is -2.11. The quantitative estimate of drug-likeness (QED) is 0.797. The Morgan fingerprint density at radius 2 is 1.72 bits per heavy atom. The molecule has 6 heteroatoms. The van der Waals surface area contributed by atoms with Crippen molar-refractivity contribution in [3.05, 3.63) is 22.2 Å².